The topological polar surface area (TPSA) is 82.9 Å². The highest BCUT2D eigenvalue weighted by Crippen LogP contribution is 2.39. The minimum Gasteiger partial charge on any atom is -0.384 e. The smallest absolute Gasteiger partial charge is 0.140 e. The standard InChI is InChI=1S/C15H17ClN6/c1-18-8-2-3-22(7-8)14-10(16)5-20-15-13(14)9-4-12(17)19-6-11(9)21-15/h4-6,8,18H,2-3,7H2,1H3,(H2,17,19)(H,20,21)/t8-/m0/s1. The molecule has 3 aromatic heterocycles. The van der Waals surface area contributed by atoms with Crippen LogP contribution in [0.2, 0.25) is 5.02 Å². The Hall–Kier alpha value is -2.05. The third-order valence-corrected chi connectivity index (χ3v) is 4.64. The van der Waals surface area contributed by atoms with Crippen LogP contribution in [0.5, 0.6) is 0 Å². The molecule has 1 aliphatic heterocycles. The van der Waals surface area contributed by atoms with E-state index in [-0.39, 0.29) is 0 Å². The van der Waals surface area contributed by atoms with E-state index in [1.807, 2.05) is 13.1 Å². The Morgan fingerprint density at radius 1 is 1.41 bits per heavy atom. The van der Waals surface area contributed by atoms with Crippen LogP contribution in [0.15, 0.2) is 18.5 Å². The Morgan fingerprint density at radius 3 is 3.05 bits per heavy atom. The fourth-order valence-electron chi connectivity index (χ4n) is 3.24. The highest BCUT2D eigenvalue weighted by Gasteiger charge is 2.26. The average Bonchev–Trinajstić information content (AvgIpc) is 3.11. The average molecular weight is 317 g/mol. The van der Waals surface area contributed by atoms with Crippen LogP contribution in [-0.4, -0.2) is 41.1 Å². The van der Waals surface area contributed by atoms with Crippen molar-refractivity contribution in [2.45, 2.75) is 12.5 Å². The van der Waals surface area contributed by atoms with Gasteiger partial charge in [0.1, 0.15) is 11.5 Å². The Labute approximate surface area is 132 Å². The van der Waals surface area contributed by atoms with Crippen LogP contribution in [-0.2, 0) is 0 Å². The molecule has 3 aromatic rings. The number of nitrogen functional groups attached to an aromatic ring is 1. The van der Waals surface area contributed by atoms with Crippen molar-refractivity contribution in [2.24, 2.45) is 0 Å². The van der Waals surface area contributed by atoms with E-state index in [2.05, 4.69) is 25.2 Å². The third kappa shape index (κ3) is 1.99. The molecule has 4 rings (SSSR count). The van der Waals surface area contributed by atoms with Gasteiger partial charge in [0.15, 0.2) is 0 Å². The first-order valence-electron chi connectivity index (χ1n) is 7.31. The maximum absolute atomic E-state index is 6.49. The van der Waals surface area contributed by atoms with Crippen molar-refractivity contribution in [2.75, 3.05) is 30.8 Å². The fraction of sp³-hybridized carbons (Fsp3) is 0.333. The molecule has 0 spiro atoms. The molecule has 4 heterocycles. The predicted octanol–water partition coefficient (Wildman–Crippen LogP) is 2.14. The molecule has 4 N–H and O–H groups in total. The van der Waals surface area contributed by atoms with E-state index in [0.717, 1.165) is 47.1 Å². The van der Waals surface area contributed by atoms with Gasteiger partial charge in [0.05, 0.1) is 34.0 Å². The summed E-state index contributed by atoms with van der Waals surface area (Å²) in [6.45, 7) is 1.90. The van der Waals surface area contributed by atoms with Crippen molar-refractivity contribution >= 4 is 45.0 Å². The summed E-state index contributed by atoms with van der Waals surface area (Å²) in [4.78, 5) is 14.2. The number of nitrogens with one attached hydrogen (secondary N) is 2. The van der Waals surface area contributed by atoms with Gasteiger partial charge in [-0.05, 0) is 19.5 Å². The summed E-state index contributed by atoms with van der Waals surface area (Å²) in [5.74, 6) is 0.494. The molecule has 6 nitrogen and oxygen atoms in total. The summed E-state index contributed by atoms with van der Waals surface area (Å²) in [5.41, 5.74) is 8.62. The number of anilines is 2. The molecule has 22 heavy (non-hydrogen) atoms. The van der Waals surface area contributed by atoms with E-state index in [1.54, 1.807) is 12.4 Å². The van der Waals surface area contributed by atoms with Crippen LogP contribution < -0.4 is 16.0 Å². The van der Waals surface area contributed by atoms with E-state index < -0.39 is 0 Å². The first-order valence-corrected chi connectivity index (χ1v) is 7.69. The minimum absolute atomic E-state index is 0.483. The molecule has 1 aliphatic rings. The third-order valence-electron chi connectivity index (χ3n) is 4.37. The Morgan fingerprint density at radius 2 is 2.27 bits per heavy atom. The molecular weight excluding hydrogens is 300 g/mol. The molecule has 0 unspecified atom stereocenters. The first kappa shape index (κ1) is 13.6. The van der Waals surface area contributed by atoms with E-state index in [9.17, 15) is 0 Å². The van der Waals surface area contributed by atoms with Crippen molar-refractivity contribution in [3.63, 3.8) is 0 Å². The SMILES string of the molecule is CN[C@H]1CCN(c2c(Cl)cnc3[nH]c4cnc(N)cc4c23)C1. The predicted molar refractivity (Wildman–Crippen MR) is 90.5 cm³/mol. The summed E-state index contributed by atoms with van der Waals surface area (Å²) in [6.07, 6.45) is 4.55. The van der Waals surface area contributed by atoms with Crippen LogP contribution in [0, 0.1) is 0 Å². The number of nitrogens with zero attached hydrogens (tertiary/aromatic N) is 3. The van der Waals surface area contributed by atoms with Crippen molar-refractivity contribution in [3.05, 3.63) is 23.5 Å². The highest BCUT2D eigenvalue weighted by atomic mass is 35.5. The lowest BCUT2D eigenvalue weighted by Gasteiger charge is -2.21. The Bertz CT molecular complexity index is 858. The summed E-state index contributed by atoms with van der Waals surface area (Å²) < 4.78 is 0. The van der Waals surface area contributed by atoms with Gasteiger partial charge in [0.2, 0.25) is 0 Å². The van der Waals surface area contributed by atoms with E-state index in [1.165, 1.54) is 0 Å². The zero-order valence-electron chi connectivity index (χ0n) is 12.2. The second-order valence-electron chi connectivity index (χ2n) is 5.68. The fourth-order valence-corrected chi connectivity index (χ4v) is 3.50. The van der Waals surface area contributed by atoms with E-state index in [4.69, 9.17) is 17.3 Å². The maximum atomic E-state index is 6.49. The Balaban J connectivity index is 1.98. The van der Waals surface area contributed by atoms with Crippen LogP contribution in [0.4, 0.5) is 11.5 Å². The van der Waals surface area contributed by atoms with E-state index >= 15 is 0 Å². The number of aromatic nitrogens is 3. The second kappa shape index (κ2) is 5.00. The summed E-state index contributed by atoms with van der Waals surface area (Å²) >= 11 is 6.49. The van der Waals surface area contributed by atoms with Crippen LogP contribution in [0.25, 0.3) is 21.9 Å². The zero-order valence-corrected chi connectivity index (χ0v) is 13.0. The number of halogens is 1. The van der Waals surface area contributed by atoms with Gasteiger partial charge in [-0.15, -0.1) is 0 Å². The highest BCUT2D eigenvalue weighted by molar-refractivity contribution is 6.35. The molecule has 0 aliphatic carbocycles. The minimum atomic E-state index is 0.483. The molecule has 0 saturated carbocycles. The summed E-state index contributed by atoms with van der Waals surface area (Å²) in [7, 11) is 2.00. The van der Waals surface area contributed by atoms with Crippen LogP contribution >= 0.6 is 11.6 Å². The molecular formula is C15H17ClN6. The van der Waals surface area contributed by atoms with Crippen LogP contribution in [0.3, 0.4) is 0 Å². The van der Waals surface area contributed by atoms with Gasteiger partial charge >= 0.3 is 0 Å². The molecule has 1 saturated heterocycles. The number of rotatable bonds is 2. The molecule has 0 radical (unpaired) electrons. The van der Waals surface area contributed by atoms with Crippen molar-refractivity contribution in [1.82, 2.24) is 20.3 Å². The summed E-state index contributed by atoms with van der Waals surface area (Å²) in [6, 6.07) is 2.36. The molecule has 0 amide bonds. The normalized spacial score (nSPS) is 18.6. The lowest BCUT2D eigenvalue weighted by atomic mass is 10.2. The number of likely N-dealkylation sites (N-methyl/N-ethyl adjacent to an activating group) is 1. The number of fused-ring (bicyclic) bond motifs is 3. The van der Waals surface area contributed by atoms with Crippen molar-refractivity contribution < 1.29 is 0 Å². The van der Waals surface area contributed by atoms with Gasteiger partial charge < -0.3 is 20.9 Å². The van der Waals surface area contributed by atoms with Gasteiger partial charge in [-0.1, -0.05) is 11.6 Å². The van der Waals surface area contributed by atoms with Gasteiger partial charge in [-0.2, -0.15) is 0 Å². The second-order valence-corrected chi connectivity index (χ2v) is 6.09. The first-order chi connectivity index (χ1) is 10.7. The largest absolute Gasteiger partial charge is 0.384 e. The lowest BCUT2D eigenvalue weighted by molar-refractivity contribution is 0.617. The molecule has 114 valence electrons. The van der Waals surface area contributed by atoms with Gasteiger partial charge in [0.25, 0.3) is 0 Å². The van der Waals surface area contributed by atoms with Gasteiger partial charge in [0, 0.05) is 24.5 Å². The quantitative estimate of drug-likeness (QED) is 0.675. The number of hydrogen-bond donors (Lipinski definition) is 3. The molecule has 0 bridgehead atoms. The van der Waals surface area contributed by atoms with Crippen LogP contribution in [0.1, 0.15) is 6.42 Å². The molecule has 7 heteroatoms. The molecule has 1 atom stereocenters. The molecule has 1 fully saturated rings. The summed E-state index contributed by atoms with van der Waals surface area (Å²) in [5, 5.41) is 6.04. The van der Waals surface area contributed by atoms with Crippen molar-refractivity contribution in [3.8, 4) is 0 Å². The number of aromatic amines is 1. The van der Waals surface area contributed by atoms with E-state index in [0.29, 0.717) is 16.9 Å². The maximum Gasteiger partial charge on any atom is 0.140 e. The number of nitrogens with two attached hydrogens (primary N) is 1. The number of H-pyrrole nitrogens is 1. The van der Waals surface area contributed by atoms with Crippen molar-refractivity contribution in [1.29, 1.82) is 0 Å². The lowest BCUT2D eigenvalue weighted by Crippen LogP contribution is -2.29. The number of hydrogen-bond acceptors (Lipinski definition) is 5. The number of pyridine rings is 2. The molecule has 0 aromatic carbocycles. The Kier molecular flexibility index (Phi) is 3.09. The van der Waals surface area contributed by atoms with Gasteiger partial charge in [-0.25, -0.2) is 9.97 Å². The zero-order chi connectivity index (χ0) is 15.3. The van der Waals surface area contributed by atoms with Gasteiger partial charge in [-0.3, -0.25) is 0 Å². The monoisotopic (exact) mass is 316 g/mol.